The molecule has 1 aromatic carbocycles. The first-order valence-electron chi connectivity index (χ1n) is 6.00. The zero-order chi connectivity index (χ0) is 16.1. The molecule has 6 nitrogen and oxygen atoms in total. The number of hydrogen-bond acceptors (Lipinski definition) is 4. The zero-order valence-corrected chi connectivity index (χ0v) is 12.8. The van der Waals surface area contributed by atoms with Gasteiger partial charge in [-0.2, -0.15) is 8.42 Å². The summed E-state index contributed by atoms with van der Waals surface area (Å²) in [4.78, 5) is 10.0. The highest BCUT2D eigenvalue weighted by Crippen LogP contribution is 2.15. The Morgan fingerprint density at radius 1 is 1.25 bits per heavy atom. The zero-order valence-electron chi connectivity index (χ0n) is 12.0. The van der Waals surface area contributed by atoms with Crippen molar-refractivity contribution < 1.29 is 22.9 Å². The van der Waals surface area contributed by atoms with E-state index in [1.54, 1.807) is 39.8 Å². The van der Waals surface area contributed by atoms with Gasteiger partial charge in [-0.05, 0) is 37.0 Å². The lowest BCUT2D eigenvalue weighted by atomic mass is 10.1. The molecular formula is C13H21NO5S. The van der Waals surface area contributed by atoms with E-state index >= 15 is 0 Å². The summed E-state index contributed by atoms with van der Waals surface area (Å²) in [5, 5.41) is 8.23. The van der Waals surface area contributed by atoms with Crippen LogP contribution in [0.5, 0.6) is 0 Å². The smallest absolute Gasteiger partial charge is 0.320 e. The third-order valence-corrected chi connectivity index (χ3v) is 3.62. The summed E-state index contributed by atoms with van der Waals surface area (Å²) >= 11 is 0. The molecule has 1 atom stereocenters. The molecule has 0 amide bonds. The van der Waals surface area contributed by atoms with Gasteiger partial charge in [0.15, 0.2) is 0 Å². The van der Waals surface area contributed by atoms with Crippen LogP contribution < -0.4 is 5.73 Å². The van der Waals surface area contributed by atoms with Gasteiger partial charge < -0.3 is 10.8 Å². The SMILES string of the molecule is CC(C)C(N)C(=O)O.Cc1ccc(C)c(S(=O)(=O)O)c1. The van der Waals surface area contributed by atoms with Crippen LogP contribution in [0.4, 0.5) is 0 Å². The molecular weight excluding hydrogens is 282 g/mol. The minimum absolute atomic E-state index is 0.0116. The molecule has 20 heavy (non-hydrogen) atoms. The highest BCUT2D eigenvalue weighted by Gasteiger charge is 2.14. The Morgan fingerprint density at radius 2 is 1.75 bits per heavy atom. The Kier molecular flexibility index (Phi) is 6.84. The first-order valence-corrected chi connectivity index (χ1v) is 7.44. The number of carbonyl (C=O) groups is 1. The minimum Gasteiger partial charge on any atom is -0.480 e. The third-order valence-electron chi connectivity index (χ3n) is 2.62. The maximum Gasteiger partial charge on any atom is 0.320 e. The molecule has 7 heteroatoms. The van der Waals surface area contributed by atoms with E-state index in [2.05, 4.69) is 0 Å². The van der Waals surface area contributed by atoms with E-state index in [1.807, 2.05) is 0 Å². The average molecular weight is 303 g/mol. The Hall–Kier alpha value is -1.44. The fourth-order valence-corrected chi connectivity index (χ4v) is 2.08. The van der Waals surface area contributed by atoms with Gasteiger partial charge in [-0.15, -0.1) is 0 Å². The number of carboxylic acid groups (broad SMARTS) is 1. The summed E-state index contributed by atoms with van der Waals surface area (Å²) in [5.74, 6) is -0.910. The van der Waals surface area contributed by atoms with Crippen molar-refractivity contribution in [2.45, 2.75) is 38.6 Å². The molecule has 0 aliphatic heterocycles. The minimum atomic E-state index is -4.06. The summed E-state index contributed by atoms with van der Waals surface area (Å²) in [5.41, 5.74) is 6.53. The molecule has 0 aliphatic rings. The summed E-state index contributed by atoms with van der Waals surface area (Å²) < 4.78 is 30.3. The first kappa shape index (κ1) is 18.6. The predicted molar refractivity (Wildman–Crippen MR) is 76.2 cm³/mol. The number of aryl methyl sites for hydroxylation is 2. The van der Waals surface area contributed by atoms with Crippen molar-refractivity contribution >= 4 is 16.1 Å². The van der Waals surface area contributed by atoms with Crippen LogP contribution in [0.3, 0.4) is 0 Å². The Labute approximate surface area is 119 Å². The van der Waals surface area contributed by atoms with Gasteiger partial charge in [0.05, 0.1) is 4.90 Å². The number of nitrogens with two attached hydrogens (primary N) is 1. The highest BCUT2D eigenvalue weighted by molar-refractivity contribution is 7.85. The van der Waals surface area contributed by atoms with Crippen LogP contribution >= 0.6 is 0 Å². The standard InChI is InChI=1S/C8H10O3S.C5H11NO2/c1-6-3-4-7(2)8(5-6)12(9,10)11;1-3(2)4(6)5(7)8/h3-5H,1-2H3,(H,9,10,11);3-4H,6H2,1-2H3,(H,7,8). The van der Waals surface area contributed by atoms with E-state index in [0.29, 0.717) is 5.56 Å². The van der Waals surface area contributed by atoms with E-state index in [4.69, 9.17) is 15.4 Å². The van der Waals surface area contributed by atoms with E-state index in [9.17, 15) is 13.2 Å². The molecule has 1 aromatic rings. The monoisotopic (exact) mass is 303 g/mol. The van der Waals surface area contributed by atoms with Crippen molar-refractivity contribution in [3.05, 3.63) is 29.3 Å². The van der Waals surface area contributed by atoms with Crippen LogP contribution in [0.25, 0.3) is 0 Å². The van der Waals surface area contributed by atoms with Crippen molar-refractivity contribution in [2.75, 3.05) is 0 Å². The molecule has 0 saturated heterocycles. The summed E-state index contributed by atoms with van der Waals surface area (Å²) in [7, 11) is -4.06. The van der Waals surface area contributed by atoms with Gasteiger partial charge in [0.1, 0.15) is 6.04 Å². The largest absolute Gasteiger partial charge is 0.480 e. The third kappa shape index (κ3) is 6.14. The fraction of sp³-hybridized carbons (Fsp3) is 0.462. The van der Waals surface area contributed by atoms with Gasteiger partial charge in [0.25, 0.3) is 10.1 Å². The molecule has 0 spiro atoms. The Balaban J connectivity index is 0.000000396. The predicted octanol–water partition coefficient (Wildman–Crippen LogP) is 1.60. The van der Waals surface area contributed by atoms with Crippen LogP contribution in [-0.2, 0) is 14.9 Å². The van der Waals surface area contributed by atoms with Crippen LogP contribution in [0, 0.1) is 19.8 Å². The summed E-state index contributed by atoms with van der Waals surface area (Å²) in [6.07, 6.45) is 0. The lowest BCUT2D eigenvalue weighted by Crippen LogP contribution is -2.34. The molecule has 0 saturated carbocycles. The number of carboxylic acids is 1. The van der Waals surface area contributed by atoms with Crippen LogP contribution in [-0.4, -0.2) is 30.1 Å². The van der Waals surface area contributed by atoms with E-state index in [1.165, 1.54) is 6.07 Å². The van der Waals surface area contributed by atoms with Crippen molar-refractivity contribution in [1.29, 1.82) is 0 Å². The average Bonchev–Trinajstić information content (AvgIpc) is 2.30. The van der Waals surface area contributed by atoms with Crippen molar-refractivity contribution in [3.63, 3.8) is 0 Å². The number of benzene rings is 1. The molecule has 1 rings (SSSR count). The second-order valence-corrected chi connectivity index (χ2v) is 6.24. The lowest BCUT2D eigenvalue weighted by molar-refractivity contribution is -0.139. The van der Waals surface area contributed by atoms with Crippen LogP contribution in [0.1, 0.15) is 25.0 Å². The molecule has 0 bridgehead atoms. The Bertz CT molecular complexity index is 566. The van der Waals surface area contributed by atoms with Crippen molar-refractivity contribution in [1.82, 2.24) is 0 Å². The normalized spacial score (nSPS) is 12.6. The first-order chi connectivity index (χ1) is 8.96. The van der Waals surface area contributed by atoms with Gasteiger partial charge in [-0.25, -0.2) is 0 Å². The topological polar surface area (TPSA) is 118 Å². The van der Waals surface area contributed by atoms with Crippen LogP contribution in [0.15, 0.2) is 23.1 Å². The van der Waals surface area contributed by atoms with Gasteiger partial charge in [0, 0.05) is 0 Å². The second-order valence-electron chi connectivity index (χ2n) is 4.85. The molecule has 1 unspecified atom stereocenters. The van der Waals surface area contributed by atoms with E-state index < -0.39 is 22.1 Å². The molecule has 0 aliphatic carbocycles. The van der Waals surface area contributed by atoms with Gasteiger partial charge >= 0.3 is 5.97 Å². The highest BCUT2D eigenvalue weighted by atomic mass is 32.2. The second kappa shape index (κ2) is 7.37. The quantitative estimate of drug-likeness (QED) is 0.730. The van der Waals surface area contributed by atoms with E-state index in [0.717, 1.165) is 5.56 Å². The van der Waals surface area contributed by atoms with Gasteiger partial charge in [-0.3, -0.25) is 9.35 Å². The Morgan fingerprint density at radius 3 is 2.00 bits per heavy atom. The number of rotatable bonds is 3. The van der Waals surface area contributed by atoms with Crippen molar-refractivity contribution in [3.8, 4) is 0 Å². The fourth-order valence-electron chi connectivity index (χ4n) is 1.27. The maximum atomic E-state index is 10.8. The van der Waals surface area contributed by atoms with Crippen LogP contribution in [0.2, 0.25) is 0 Å². The lowest BCUT2D eigenvalue weighted by Gasteiger charge is -2.07. The summed E-state index contributed by atoms with van der Waals surface area (Å²) in [6, 6.07) is 4.20. The maximum absolute atomic E-state index is 10.8. The molecule has 0 radical (unpaired) electrons. The number of hydrogen-bond donors (Lipinski definition) is 3. The molecule has 0 aromatic heterocycles. The van der Waals surface area contributed by atoms with Gasteiger partial charge in [0.2, 0.25) is 0 Å². The van der Waals surface area contributed by atoms with Gasteiger partial charge in [-0.1, -0.05) is 26.0 Å². The molecule has 4 N–H and O–H groups in total. The van der Waals surface area contributed by atoms with Crippen molar-refractivity contribution in [2.24, 2.45) is 11.7 Å². The number of aliphatic carboxylic acids is 1. The molecule has 114 valence electrons. The summed E-state index contributed by atoms with van der Waals surface area (Å²) in [6.45, 7) is 6.97. The molecule has 0 fully saturated rings. The molecule has 0 heterocycles. The van der Waals surface area contributed by atoms with E-state index in [-0.39, 0.29) is 10.8 Å².